The molecule has 0 aromatic carbocycles. The van der Waals surface area contributed by atoms with Gasteiger partial charge in [0.1, 0.15) is 17.3 Å². The Morgan fingerprint density at radius 3 is 1.79 bits per heavy atom. The lowest BCUT2D eigenvalue weighted by atomic mass is 10.3. The van der Waals surface area contributed by atoms with Gasteiger partial charge in [0.05, 0.1) is 0 Å². The van der Waals surface area contributed by atoms with Crippen LogP contribution in [0.25, 0.3) is 22.1 Å². The summed E-state index contributed by atoms with van der Waals surface area (Å²) in [5.74, 6) is 0.958. The van der Waals surface area contributed by atoms with Gasteiger partial charge in [-0.25, -0.2) is 29.9 Å². The number of fused-ring (bicyclic) bond motifs is 2. The van der Waals surface area contributed by atoms with E-state index in [2.05, 4.69) is 45.8 Å². The first kappa shape index (κ1) is 24.7. The summed E-state index contributed by atoms with van der Waals surface area (Å²) in [7, 11) is 0. The molecule has 13 heteroatoms. The van der Waals surface area contributed by atoms with E-state index < -0.39 is 23.7 Å². The molecule has 0 aliphatic heterocycles. The SMILES string of the molecule is CCc1ncc2cc(Br)c(C(F)(F)F)nc2n1.CCc1ncc2ccc(C(F)(F)F)nc2n1. The zero-order valence-corrected chi connectivity index (χ0v) is 18.7. The van der Waals surface area contributed by atoms with E-state index in [1.165, 1.54) is 24.5 Å². The molecule has 174 valence electrons. The number of alkyl halides is 6. The zero-order chi connectivity index (χ0) is 24.4. The Bertz CT molecular complexity index is 1290. The van der Waals surface area contributed by atoms with Crippen molar-refractivity contribution in [3.8, 4) is 0 Å². The van der Waals surface area contributed by atoms with Gasteiger partial charge in [-0.1, -0.05) is 13.8 Å². The number of aryl methyl sites for hydroxylation is 2. The van der Waals surface area contributed by atoms with Crippen LogP contribution < -0.4 is 0 Å². The van der Waals surface area contributed by atoms with E-state index in [1.54, 1.807) is 0 Å². The molecule has 4 aromatic heterocycles. The number of halogens is 7. The van der Waals surface area contributed by atoms with Gasteiger partial charge in [0.15, 0.2) is 17.0 Å². The minimum atomic E-state index is -4.50. The van der Waals surface area contributed by atoms with E-state index in [0.29, 0.717) is 35.3 Å². The summed E-state index contributed by atoms with van der Waals surface area (Å²) in [5.41, 5.74) is -1.75. The molecule has 0 fully saturated rings. The monoisotopic (exact) mass is 532 g/mol. The van der Waals surface area contributed by atoms with Crippen LogP contribution in [0.15, 0.2) is 35.1 Å². The number of pyridine rings is 2. The van der Waals surface area contributed by atoms with Crippen LogP contribution >= 0.6 is 15.9 Å². The van der Waals surface area contributed by atoms with Gasteiger partial charge in [-0.3, -0.25) is 0 Å². The van der Waals surface area contributed by atoms with E-state index in [4.69, 9.17) is 0 Å². The smallest absolute Gasteiger partial charge is 0.241 e. The molecule has 0 saturated carbocycles. The van der Waals surface area contributed by atoms with Crippen LogP contribution in [0.4, 0.5) is 26.3 Å². The van der Waals surface area contributed by atoms with Crippen LogP contribution in [0.1, 0.15) is 36.9 Å². The first-order valence-corrected chi connectivity index (χ1v) is 10.3. The third-order valence-corrected chi connectivity index (χ3v) is 4.86. The van der Waals surface area contributed by atoms with Gasteiger partial charge in [0.25, 0.3) is 0 Å². The van der Waals surface area contributed by atoms with Crippen LogP contribution in [0.3, 0.4) is 0 Å². The third-order valence-electron chi connectivity index (χ3n) is 4.26. The summed E-state index contributed by atoms with van der Waals surface area (Å²) in [4.78, 5) is 22.9. The molecule has 0 amide bonds. The normalized spacial score (nSPS) is 12.0. The predicted octanol–water partition coefficient (Wildman–Crippen LogP) is 5.97. The van der Waals surface area contributed by atoms with Crippen molar-refractivity contribution in [2.45, 2.75) is 39.0 Å². The van der Waals surface area contributed by atoms with Gasteiger partial charge in [-0.15, -0.1) is 0 Å². The maximum atomic E-state index is 12.6. The lowest BCUT2D eigenvalue weighted by Gasteiger charge is -2.09. The first-order valence-electron chi connectivity index (χ1n) is 9.51. The Balaban J connectivity index is 0.000000186. The van der Waals surface area contributed by atoms with Crippen LogP contribution in [0.5, 0.6) is 0 Å². The van der Waals surface area contributed by atoms with Gasteiger partial charge < -0.3 is 0 Å². The summed E-state index contributed by atoms with van der Waals surface area (Å²) in [6.45, 7) is 3.65. The quantitative estimate of drug-likeness (QED) is 0.296. The Hall–Kier alpha value is -2.96. The average Bonchev–Trinajstić information content (AvgIpc) is 2.76. The van der Waals surface area contributed by atoms with Crippen LogP contribution in [0.2, 0.25) is 0 Å². The van der Waals surface area contributed by atoms with Crippen LogP contribution in [0, 0.1) is 0 Å². The summed E-state index contributed by atoms with van der Waals surface area (Å²) < 4.78 is 74.9. The van der Waals surface area contributed by atoms with Crippen molar-refractivity contribution < 1.29 is 26.3 Å². The minimum Gasteiger partial charge on any atom is -0.241 e. The molecule has 0 radical (unpaired) electrons. The van der Waals surface area contributed by atoms with Crippen molar-refractivity contribution >= 4 is 38.0 Å². The molecule has 0 aliphatic rings. The second kappa shape index (κ2) is 9.49. The summed E-state index contributed by atoms with van der Waals surface area (Å²) >= 11 is 2.85. The maximum absolute atomic E-state index is 12.6. The standard InChI is InChI=1S/C10H7BrF3N3.C10H8F3N3/c1-2-7-15-4-5-3-6(11)8(10(12,13)14)17-9(5)16-7;1-2-8-14-5-6-3-4-7(10(11,12)13)15-9(6)16-8/h3-4H,2H2,1H3;3-5H,2H2,1H3. The topological polar surface area (TPSA) is 77.3 Å². The molecule has 4 heterocycles. The molecule has 4 aromatic rings. The molecule has 0 bridgehead atoms. The van der Waals surface area contributed by atoms with Crippen molar-refractivity contribution in [1.82, 2.24) is 29.9 Å². The first-order chi connectivity index (χ1) is 15.4. The molecule has 0 unspecified atom stereocenters. The fourth-order valence-electron chi connectivity index (χ4n) is 2.62. The van der Waals surface area contributed by atoms with Gasteiger partial charge in [0, 0.05) is 40.5 Å². The number of nitrogens with zero attached hydrogens (tertiary/aromatic N) is 6. The van der Waals surface area contributed by atoms with E-state index in [0.717, 1.165) is 6.07 Å². The number of aromatic nitrogens is 6. The Labute approximate surface area is 191 Å². The Kier molecular flexibility index (Phi) is 7.10. The van der Waals surface area contributed by atoms with Crippen molar-refractivity contribution in [3.63, 3.8) is 0 Å². The number of hydrogen-bond acceptors (Lipinski definition) is 6. The van der Waals surface area contributed by atoms with E-state index >= 15 is 0 Å². The fourth-order valence-corrected chi connectivity index (χ4v) is 3.18. The minimum absolute atomic E-state index is 0.0624. The average molecular weight is 533 g/mol. The van der Waals surface area contributed by atoms with Gasteiger partial charge in [-0.2, -0.15) is 26.3 Å². The highest BCUT2D eigenvalue weighted by molar-refractivity contribution is 9.10. The Morgan fingerprint density at radius 1 is 0.727 bits per heavy atom. The van der Waals surface area contributed by atoms with E-state index in [-0.39, 0.29) is 15.8 Å². The number of hydrogen-bond donors (Lipinski definition) is 0. The Morgan fingerprint density at radius 2 is 1.27 bits per heavy atom. The molecule has 4 rings (SSSR count). The lowest BCUT2D eigenvalue weighted by molar-refractivity contribution is -0.142. The molecule has 33 heavy (non-hydrogen) atoms. The van der Waals surface area contributed by atoms with E-state index in [1.807, 2.05) is 13.8 Å². The van der Waals surface area contributed by atoms with Gasteiger partial charge in [-0.05, 0) is 34.1 Å². The highest BCUT2D eigenvalue weighted by Crippen LogP contribution is 2.34. The summed E-state index contributed by atoms with van der Waals surface area (Å²) in [6.07, 6.45) is -4.87. The molecule has 0 aliphatic carbocycles. The summed E-state index contributed by atoms with van der Waals surface area (Å²) in [6, 6.07) is 3.58. The molecule has 0 N–H and O–H groups in total. The van der Waals surface area contributed by atoms with E-state index in [9.17, 15) is 26.3 Å². The molecule has 0 saturated heterocycles. The second-order valence-electron chi connectivity index (χ2n) is 6.62. The second-order valence-corrected chi connectivity index (χ2v) is 7.47. The third kappa shape index (κ3) is 5.89. The van der Waals surface area contributed by atoms with Crippen molar-refractivity contribution in [3.05, 3.63) is 58.1 Å². The highest BCUT2D eigenvalue weighted by Gasteiger charge is 2.35. The maximum Gasteiger partial charge on any atom is 0.434 e. The van der Waals surface area contributed by atoms with Crippen molar-refractivity contribution in [1.29, 1.82) is 0 Å². The van der Waals surface area contributed by atoms with Crippen LogP contribution in [-0.2, 0) is 25.2 Å². The fraction of sp³-hybridized carbons (Fsp3) is 0.300. The van der Waals surface area contributed by atoms with Gasteiger partial charge >= 0.3 is 12.4 Å². The highest BCUT2D eigenvalue weighted by atomic mass is 79.9. The summed E-state index contributed by atoms with van der Waals surface area (Å²) in [5, 5.41) is 0.979. The molecule has 0 atom stereocenters. The molecular formula is C20H15BrF6N6. The molecule has 6 nitrogen and oxygen atoms in total. The van der Waals surface area contributed by atoms with Crippen molar-refractivity contribution in [2.24, 2.45) is 0 Å². The lowest BCUT2D eigenvalue weighted by Crippen LogP contribution is -2.10. The molecular weight excluding hydrogens is 518 g/mol. The van der Waals surface area contributed by atoms with Gasteiger partial charge in [0.2, 0.25) is 0 Å². The van der Waals surface area contributed by atoms with Crippen molar-refractivity contribution in [2.75, 3.05) is 0 Å². The molecule has 0 spiro atoms. The largest absolute Gasteiger partial charge is 0.434 e. The predicted molar refractivity (Wildman–Crippen MR) is 111 cm³/mol. The van der Waals surface area contributed by atoms with Crippen LogP contribution in [-0.4, -0.2) is 29.9 Å². The zero-order valence-electron chi connectivity index (χ0n) is 17.1. The number of rotatable bonds is 2.